The topological polar surface area (TPSA) is 124 Å². The number of anilines is 1. The molecule has 0 aromatic carbocycles. The molecular formula is C28H39N7O4S. The van der Waals surface area contributed by atoms with E-state index in [0.29, 0.717) is 42.3 Å². The van der Waals surface area contributed by atoms with E-state index >= 15 is 0 Å². The fourth-order valence-electron chi connectivity index (χ4n) is 5.55. The summed E-state index contributed by atoms with van der Waals surface area (Å²) in [6, 6.07) is 5.07. The van der Waals surface area contributed by atoms with E-state index in [-0.39, 0.29) is 21.4 Å². The molecule has 216 valence electrons. The summed E-state index contributed by atoms with van der Waals surface area (Å²) in [7, 11) is -4.14. The molecule has 5 heterocycles. The second-order valence-electron chi connectivity index (χ2n) is 12.7. The summed E-state index contributed by atoms with van der Waals surface area (Å²) in [6.45, 7) is 14.1. The molecule has 2 aliphatic rings. The number of pyridine rings is 1. The van der Waals surface area contributed by atoms with Gasteiger partial charge in [0.15, 0.2) is 5.82 Å². The SMILES string of the molecule is Cc1c2cnn1CCCCC1CN(c3nc(-n4ccc(OCC(C)(C)C)n4)ccc3C(=O)NS2(=O)=O)C(C)(C)C1. The van der Waals surface area contributed by atoms with Crippen molar-refractivity contribution in [1.29, 1.82) is 0 Å². The van der Waals surface area contributed by atoms with Gasteiger partial charge >= 0.3 is 0 Å². The molecule has 1 fully saturated rings. The Labute approximate surface area is 236 Å². The summed E-state index contributed by atoms with van der Waals surface area (Å²) < 4.78 is 38.0. The molecule has 1 unspecified atom stereocenters. The lowest BCUT2D eigenvalue weighted by Gasteiger charge is -2.34. The van der Waals surface area contributed by atoms with Gasteiger partial charge in [-0.05, 0) is 63.5 Å². The average molecular weight is 570 g/mol. The van der Waals surface area contributed by atoms with Crippen LogP contribution < -0.4 is 14.4 Å². The lowest BCUT2D eigenvalue weighted by atomic mass is 9.93. The number of fused-ring (bicyclic) bond motifs is 6. The van der Waals surface area contributed by atoms with Crippen molar-refractivity contribution < 1.29 is 17.9 Å². The third-order valence-electron chi connectivity index (χ3n) is 7.58. The first-order chi connectivity index (χ1) is 18.7. The highest BCUT2D eigenvalue weighted by molar-refractivity contribution is 7.90. The molecule has 0 spiro atoms. The molecule has 1 N–H and O–H groups in total. The normalized spacial score (nSPS) is 20.8. The molecule has 12 heteroatoms. The Balaban J connectivity index is 1.55. The van der Waals surface area contributed by atoms with E-state index in [2.05, 4.69) is 54.4 Å². The van der Waals surface area contributed by atoms with Gasteiger partial charge in [-0.15, -0.1) is 5.10 Å². The summed E-state index contributed by atoms with van der Waals surface area (Å²) in [6.07, 6.45) is 6.94. The van der Waals surface area contributed by atoms with Crippen LogP contribution in [0, 0.1) is 18.3 Å². The maximum Gasteiger partial charge on any atom is 0.268 e. The first-order valence-electron chi connectivity index (χ1n) is 13.8. The number of carbonyl (C=O) groups is 1. The number of nitrogens with zero attached hydrogens (tertiary/aromatic N) is 6. The number of rotatable bonds is 3. The quantitative estimate of drug-likeness (QED) is 0.500. The molecule has 1 saturated heterocycles. The zero-order chi connectivity index (χ0) is 28.9. The average Bonchev–Trinajstić information content (AvgIpc) is 3.56. The Bertz CT molecular complexity index is 1520. The molecule has 3 aromatic rings. The smallest absolute Gasteiger partial charge is 0.268 e. The van der Waals surface area contributed by atoms with E-state index in [1.807, 2.05) is 0 Å². The molecule has 2 aliphatic heterocycles. The number of sulfonamides is 1. The van der Waals surface area contributed by atoms with Crippen molar-refractivity contribution in [3.8, 4) is 11.7 Å². The van der Waals surface area contributed by atoms with E-state index in [0.717, 1.165) is 32.2 Å². The summed E-state index contributed by atoms with van der Waals surface area (Å²) in [4.78, 5) is 20.6. The minimum Gasteiger partial charge on any atom is -0.476 e. The fraction of sp³-hybridized carbons (Fsp3) is 0.571. The van der Waals surface area contributed by atoms with E-state index in [1.165, 1.54) is 6.20 Å². The Morgan fingerprint density at radius 2 is 1.95 bits per heavy atom. The Morgan fingerprint density at radius 1 is 1.18 bits per heavy atom. The summed E-state index contributed by atoms with van der Waals surface area (Å²) >= 11 is 0. The van der Waals surface area contributed by atoms with Crippen LogP contribution >= 0.6 is 0 Å². The zero-order valence-corrected chi connectivity index (χ0v) is 25.0. The first-order valence-corrected chi connectivity index (χ1v) is 15.3. The zero-order valence-electron chi connectivity index (χ0n) is 24.1. The number of hydrogen-bond donors (Lipinski definition) is 1. The molecule has 0 saturated carbocycles. The fourth-order valence-corrected chi connectivity index (χ4v) is 6.69. The van der Waals surface area contributed by atoms with Crippen molar-refractivity contribution in [3.05, 3.63) is 41.9 Å². The third kappa shape index (κ3) is 5.72. The van der Waals surface area contributed by atoms with Gasteiger partial charge in [-0.1, -0.05) is 27.2 Å². The lowest BCUT2D eigenvalue weighted by molar-refractivity contribution is 0.0981. The van der Waals surface area contributed by atoms with E-state index < -0.39 is 15.9 Å². The number of aromatic nitrogens is 5. The van der Waals surface area contributed by atoms with Crippen LogP contribution in [-0.2, 0) is 16.6 Å². The van der Waals surface area contributed by atoms with Crippen LogP contribution in [0.2, 0.25) is 0 Å². The van der Waals surface area contributed by atoms with E-state index in [4.69, 9.17) is 9.72 Å². The number of nitrogens with one attached hydrogen (secondary N) is 1. The van der Waals surface area contributed by atoms with Gasteiger partial charge in [-0.25, -0.2) is 22.8 Å². The Hall–Kier alpha value is -3.41. The minimum absolute atomic E-state index is 0.00309. The van der Waals surface area contributed by atoms with Gasteiger partial charge in [0.2, 0.25) is 5.88 Å². The third-order valence-corrected chi connectivity index (χ3v) is 9.01. The van der Waals surface area contributed by atoms with Crippen molar-refractivity contribution >= 4 is 21.7 Å². The molecule has 1 atom stereocenters. The molecule has 5 rings (SSSR count). The van der Waals surface area contributed by atoms with Crippen LogP contribution in [0.1, 0.15) is 76.4 Å². The molecule has 0 radical (unpaired) electrons. The second-order valence-corrected chi connectivity index (χ2v) is 14.4. The number of amides is 1. The maximum atomic E-state index is 13.6. The summed E-state index contributed by atoms with van der Waals surface area (Å²) in [5.41, 5.74) is 0.409. The van der Waals surface area contributed by atoms with Crippen molar-refractivity contribution in [2.45, 2.75) is 84.2 Å². The van der Waals surface area contributed by atoms with Crippen LogP contribution in [0.5, 0.6) is 5.88 Å². The van der Waals surface area contributed by atoms with Gasteiger partial charge in [-0.2, -0.15) is 5.10 Å². The highest BCUT2D eigenvalue weighted by atomic mass is 32.2. The lowest BCUT2D eigenvalue weighted by Crippen LogP contribution is -2.41. The second kappa shape index (κ2) is 10.2. The van der Waals surface area contributed by atoms with Crippen molar-refractivity contribution in [3.63, 3.8) is 0 Å². The van der Waals surface area contributed by atoms with Crippen LogP contribution in [0.4, 0.5) is 5.82 Å². The highest BCUT2D eigenvalue weighted by Crippen LogP contribution is 2.40. The van der Waals surface area contributed by atoms with Gasteiger partial charge in [0.25, 0.3) is 15.9 Å². The number of aryl methyl sites for hydroxylation is 1. The first kappa shape index (κ1) is 28.1. The van der Waals surface area contributed by atoms with Crippen LogP contribution in [0.25, 0.3) is 5.82 Å². The predicted molar refractivity (Wildman–Crippen MR) is 151 cm³/mol. The number of carbonyl (C=O) groups excluding carboxylic acids is 1. The molecule has 11 nitrogen and oxygen atoms in total. The van der Waals surface area contributed by atoms with Gasteiger partial charge in [0.05, 0.1) is 24.1 Å². The molecule has 0 aliphatic carbocycles. The van der Waals surface area contributed by atoms with Crippen molar-refractivity contribution in [1.82, 2.24) is 29.3 Å². The van der Waals surface area contributed by atoms with Gasteiger partial charge in [0, 0.05) is 30.9 Å². The summed E-state index contributed by atoms with van der Waals surface area (Å²) in [5.74, 6) is 1.11. The summed E-state index contributed by atoms with van der Waals surface area (Å²) in [5, 5.41) is 8.82. The standard InChI is InChI=1S/C28H39N7O4S/c1-19-22-16-29-34(19)13-8-7-9-20-15-28(5,6)33(17-20)25-21(26(36)32-40(22,37)38)10-11-23(30-25)35-14-12-24(31-35)39-18-27(2,3)4/h10-12,14,16,20H,7-9,13,15,17-18H2,1-6H3,(H,32,36). The van der Waals surface area contributed by atoms with Crippen molar-refractivity contribution in [2.24, 2.45) is 11.3 Å². The molecule has 3 aromatic heterocycles. The van der Waals surface area contributed by atoms with Crippen LogP contribution in [0.15, 0.2) is 35.5 Å². The Kier molecular flexibility index (Phi) is 7.18. The van der Waals surface area contributed by atoms with Gasteiger partial charge in [-0.3, -0.25) is 9.48 Å². The maximum absolute atomic E-state index is 13.6. The predicted octanol–water partition coefficient (Wildman–Crippen LogP) is 4.10. The van der Waals surface area contributed by atoms with Gasteiger partial charge in [0.1, 0.15) is 10.7 Å². The number of hydrogen-bond acceptors (Lipinski definition) is 8. The van der Waals surface area contributed by atoms with Gasteiger partial charge < -0.3 is 9.64 Å². The number of ether oxygens (including phenoxy) is 1. The largest absolute Gasteiger partial charge is 0.476 e. The highest BCUT2D eigenvalue weighted by Gasteiger charge is 2.41. The monoisotopic (exact) mass is 569 g/mol. The van der Waals surface area contributed by atoms with E-state index in [9.17, 15) is 13.2 Å². The molecule has 1 amide bonds. The van der Waals surface area contributed by atoms with E-state index in [1.54, 1.807) is 40.7 Å². The molecule has 40 heavy (non-hydrogen) atoms. The Morgan fingerprint density at radius 3 is 2.70 bits per heavy atom. The van der Waals surface area contributed by atoms with Crippen LogP contribution in [0.3, 0.4) is 0 Å². The minimum atomic E-state index is -4.14. The van der Waals surface area contributed by atoms with Crippen molar-refractivity contribution in [2.75, 3.05) is 18.1 Å². The molecule has 4 bridgehead atoms. The van der Waals surface area contributed by atoms with Crippen LogP contribution in [-0.4, -0.2) is 57.6 Å². The molecular weight excluding hydrogens is 530 g/mol.